The Morgan fingerprint density at radius 2 is 1.49 bits per heavy atom. The summed E-state index contributed by atoms with van der Waals surface area (Å²) < 4.78 is 4.25. The fourth-order valence-corrected chi connectivity index (χ4v) is 10.1. The Kier molecular flexibility index (Phi) is 11.1. The first-order chi connectivity index (χ1) is 19.1. The minimum Gasteiger partial charge on any atom is -0.481 e. The third-order valence-corrected chi connectivity index (χ3v) is 12.2. The summed E-state index contributed by atoms with van der Waals surface area (Å²) in [4.78, 5) is 25.5. The van der Waals surface area contributed by atoms with Crippen LogP contribution < -0.4 is 0 Å². The number of carboxylic acid groups (broad SMARTS) is 1. The Labute approximate surface area is 251 Å². The van der Waals surface area contributed by atoms with Crippen LogP contribution in [0.1, 0.15) is 106 Å². The SMILES string of the molecule is C#C.C=CC=C.CC1(C)CC[C@]2(C(=O)O)CCC3C(=CCC4[C@@]3(C)CCC3C(C)(C)C(=O)CC[C@@]34C)C2C1.COC. The van der Waals surface area contributed by atoms with Gasteiger partial charge in [-0.1, -0.05) is 78.5 Å². The third-order valence-electron chi connectivity index (χ3n) is 12.2. The average molecular weight is 567 g/mol. The number of carboxylic acids is 1. The molecule has 0 aliphatic heterocycles. The lowest BCUT2D eigenvalue weighted by Gasteiger charge is -2.67. The van der Waals surface area contributed by atoms with Gasteiger partial charge in [-0.05, 0) is 97.7 Å². The second kappa shape index (κ2) is 13.0. The Bertz CT molecular complexity index is 1020. The molecule has 0 radical (unpaired) electrons. The Morgan fingerprint density at radius 3 is 2.02 bits per heavy atom. The Hall–Kier alpha value is -2.12. The molecule has 7 atom stereocenters. The number of carbonyl (C=O) groups excluding carboxylic acids is 1. The highest BCUT2D eigenvalue weighted by Gasteiger charge is 2.65. The molecular formula is C37H58O4. The van der Waals surface area contributed by atoms with E-state index in [1.807, 2.05) is 0 Å². The first kappa shape index (κ1) is 35.1. The molecule has 0 bridgehead atoms. The van der Waals surface area contributed by atoms with Gasteiger partial charge >= 0.3 is 5.97 Å². The molecule has 5 aliphatic carbocycles. The average Bonchev–Trinajstić information content (AvgIpc) is 2.92. The highest BCUT2D eigenvalue weighted by atomic mass is 16.4. The minimum atomic E-state index is -0.548. The predicted molar refractivity (Wildman–Crippen MR) is 170 cm³/mol. The molecule has 41 heavy (non-hydrogen) atoms. The molecule has 230 valence electrons. The molecule has 4 unspecified atom stereocenters. The number of allylic oxidation sites excluding steroid dienone is 4. The van der Waals surface area contributed by atoms with Gasteiger partial charge in [0.1, 0.15) is 5.78 Å². The summed E-state index contributed by atoms with van der Waals surface area (Å²) in [5.74, 6) is 1.71. The smallest absolute Gasteiger partial charge is 0.310 e. The number of fused-ring (bicyclic) bond motifs is 7. The van der Waals surface area contributed by atoms with Crippen LogP contribution in [0.25, 0.3) is 0 Å². The molecule has 5 aliphatic rings. The molecular weight excluding hydrogens is 508 g/mol. The van der Waals surface area contributed by atoms with E-state index in [1.165, 1.54) is 12.0 Å². The molecule has 1 N–H and O–H groups in total. The van der Waals surface area contributed by atoms with Gasteiger partial charge in [-0.2, -0.15) is 0 Å². The van der Waals surface area contributed by atoms with Crippen molar-refractivity contribution >= 4 is 11.8 Å². The summed E-state index contributed by atoms with van der Waals surface area (Å²) in [6, 6.07) is 0. The van der Waals surface area contributed by atoms with Crippen molar-refractivity contribution in [3.63, 3.8) is 0 Å². The van der Waals surface area contributed by atoms with Crippen molar-refractivity contribution in [2.75, 3.05) is 14.2 Å². The molecule has 0 amide bonds. The Morgan fingerprint density at radius 1 is 0.902 bits per heavy atom. The molecule has 4 nitrogen and oxygen atoms in total. The van der Waals surface area contributed by atoms with E-state index in [0.717, 1.165) is 57.8 Å². The monoisotopic (exact) mass is 566 g/mol. The van der Waals surface area contributed by atoms with Gasteiger partial charge in [0.2, 0.25) is 0 Å². The number of ketones is 1. The summed E-state index contributed by atoms with van der Waals surface area (Å²) >= 11 is 0. The topological polar surface area (TPSA) is 63.6 Å². The van der Waals surface area contributed by atoms with Crippen LogP contribution in [-0.4, -0.2) is 31.1 Å². The number of hydrogen-bond acceptors (Lipinski definition) is 3. The lowest BCUT2D eigenvalue weighted by Crippen LogP contribution is -2.61. The van der Waals surface area contributed by atoms with Gasteiger partial charge in [0.25, 0.3) is 0 Å². The number of methoxy groups -OCH3 is 1. The van der Waals surface area contributed by atoms with Crippen LogP contribution >= 0.6 is 0 Å². The maximum absolute atomic E-state index is 12.8. The number of terminal acetylenes is 1. The van der Waals surface area contributed by atoms with Crippen LogP contribution in [-0.2, 0) is 14.3 Å². The van der Waals surface area contributed by atoms with Crippen LogP contribution in [0, 0.1) is 63.6 Å². The first-order valence-electron chi connectivity index (χ1n) is 15.5. The standard InChI is InChI=1S/C29H44O3.C4H6.C2H6O.C2H2/c1-25(2)15-16-29(24(31)32)14-9-19-18(20(29)17-25)7-8-22-27(19,5)12-10-21-26(3,4)23(30)11-13-28(21,22)6;1-3-4-2;1-3-2;1-2/h7,19-22H,8-17H2,1-6H3,(H,31,32);3-4H,1-2H2;1-2H3;1-2H/t19?,20?,21?,22?,27-,28-,29+;;;/m0.../s1. The summed E-state index contributed by atoms with van der Waals surface area (Å²) in [6.07, 6.45) is 23.7. The number of aliphatic carboxylic acids is 1. The quantitative estimate of drug-likeness (QED) is 0.206. The summed E-state index contributed by atoms with van der Waals surface area (Å²) in [7, 11) is 3.25. The lowest BCUT2D eigenvalue weighted by molar-refractivity contribution is -0.174. The maximum atomic E-state index is 12.8. The molecule has 0 aromatic rings. The van der Waals surface area contributed by atoms with Crippen molar-refractivity contribution in [2.24, 2.45) is 50.7 Å². The second-order valence-electron chi connectivity index (χ2n) is 15.1. The number of hydrogen-bond donors (Lipinski definition) is 1. The van der Waals surface area contributed by atoms with Gasteiger partial charge < -0.3 is 9.84 Å². The fraction of sp³-hybridized carbons (Fsp3) is 0.730. The van der Waals surface area contributed by atoms with Crippen LogP contribution in [0.15, 0.2) is 37.0 Å². The summed E-state index contributed by atoms with van der Waals surface area (Å²) in [5, 5.41) is 10.4. The van der Waals surface area contributed by atoms with E-state index in [2.05, 4.69) is 78.4 Å². The number of ether oxygens (including phenoxy) is 1. The van der Waals surface area contributed by atoms with Crippen LogP contribution in [0.3, 0.4) is 0 Å². The molecule has 4 saturated carbocycles. The van der Waals surface area contributed by atoms with Gasteiger partial charge in [-0.25, -0.2) is 0 Å². The van der Waals surface area contributed by atoms with Crippen LogP contribution in [0.4, 0.5) is 0 Å². The van der Waals surface area contributed by atoms with Crippen molar-refractivity contribution in [1.82, 2.24) is 0 Å². The Balaban J connectivity index is 0.000000582. The fourth-order valence-electron chi connectivity index (χ4n) is 10.1. The largest absolute Gasteiger partial charge is 0.481 e. The molecule has 0 heterocycles. The normalized spacial score (nSPS) is 39.3. The number of rotatable bonds is 2. The maximum Gasteiger partial charge on any atom is 0.310 e. The van der Waals surface area contributed by atoms with Crippen LogP contribution in [0.2, 0.25) is 0 Å². The van der Waals surface area contributed by atoms with E-state index in [4.69, 9.17) is 0 Å². The molecule has 0 saturated heterocycles. The van der Waals surface area contributed by atoms with Crippen molar-refractivity contribution in [1.29, 1.82) is 0 Å². The van der Waals surface area contributed by atoms with Gasteiger partial charge in [-0.15, -0.1) is 12.8 Å². The van der Waals surface area contributed by atoms with E-state index in [9.17, 15) is 14.7 Å². The van der Waals surface area contributed by atoms with Gasteiger partial charge in [-0.3, -0.25) is 9.59 Å². The van der Waals surface area contributed by atoms with Gasteiger partial charge in [0.05, 0.1) is 5.41 Å². The van der Waals surface area contributed by atoms with E-state index >= 15 is 0 Å². The number of Topliss-reactive ketones (excluding diaryl/α,β-unsaturated/α-hetero) is 1. The third kappa shape index (κ3) is 6.04. The second-order valence-corrected chi connectivity index (χ2v) is 15.1. The van der Waals surface area contributed by atoms with Gasteiger partial charge in [0.15, 0.2) is 0 Å². The van der Waals surface area contributed by atoms with Crippen LogP contribution in [0.5, 0.6) is 0 Å². The molecule has 5 rings (SSSR count). The van der Waals surface area contributed by atoms with Crippen molar-refractivity contribution in [3.05, 3.63) is 37.0 Å². The molecule has 4 fully saturated rings. The molecule has 0 spiro atoms. The van der Waals surface area contributed by atoms with Gasteiger partial charge in [0, 0.05) is 26.1 Å². The van der Waals surface area contributed by atoms with E-state index in [-0.39, 0.29) is 27.6 Å². The lowest BCUT2D eigenvalue weighted by atomic mass is 9.37. The zero-order valence-corrected chi connectivity index (χ0v) is 27.4. The van der Waals surface area contributed by atoms with E-state index in [1.54, 1.807) is 26.4 Å². The zero-order chi connectivity index (χ0) is 31.4. The molecule has 0 aromatic heterocycles. The summed E-state index contributed by atoms with van der Waals surface area (Å²) in [6.45, 7) is 20.8. The zero-order valence-electron chi connectivity index (χ0n) is 27.4. The van der Waals surface area contributed by atoms with Crippen molar-refractivity contribution < 1.29 is 19.4 Å². The minimum absolute atomic E-state index is 0.204. The van der Waals surface area contributed by atoms with E-state index in [0.29, 0.717) is 23.5 Å². The van der Waals surface area contributed by atoms with Crippen molar-refractivity contribution in [2.45, 2.75) is 106 Å². The van der Waals surface area contributed by atoms with E-state index < -0.39 is 11.4 Å². The molecule has 4 heteroatoms. The highest BCUT2D eigenvalue weighted by molar-refractivity contribution is 5.85. The highest BCUT2D eigenvalue weighted by Crippen LogP contribution is 2.71. The predicted octanol–water partition coefficient (Wildman–Crippen LogP) is 8.92. The molecule has 0 aromatic carbocycles. The summed E-state index contributed by atoms with van der Waals surface area (Å²) in [5.41, 5.74) is 1.43. The first-order valence-corrected chi connectivity index (χ1v) is 15.5. The number of carbonyl (C=O) groups is 2. The van der Waals surface area contributed by atoms with Crippen molar-refractivity contribution in [3.8, 4) is 12.8 Å².